The Morgan fingerprint density at radius 2 is 1.53 bits per heavy atom. The molecule has 1 saturated carbocycles. The fraction of sp³-hybridized carbons (Fsp3) is 0.833. The van der Waals surface area contributed by atoms with Crippen LogP contribution in [-0.2, 0) is 9.59 Å². The number of rotatable bonds is 1. The summed E-state index contributed by atoms with van der Waals surface area (Å²) in [5.74, 6) is -1.73. The van der Waals surface area contributed by atoms with Crippen molar-refractivity contribution < 1.29 is 14.7 Å². The quantitative estimate of drug-likeness (QED) is 0.680. The van der Waals surface area contributed by atoms with Gasteiger partial charge in [-0.05, 0) is 12.8 Å². The third-order valence-electron chi connectivity index (χ3n) is 3.10. The van der Waals surface area contributed by atoms with Crippen molar-refractivity contribution in [1.29, 1.82) is 0 Å². The molecule has 0 heterocycles. The summed E-state index contributed by atoms with van der Waals surface area (Å²) in [6.45, 7) is 0. The Labute approximate surface area is 90.9 Å². The Morgan fingerprint density at radius 3 is 2.13 bits per heavy atom. The average molecular weight is 212 g/mol. The fourth-order valence-corrected chi connectivity index (χ4v) is 2.13. The van der Waals surface area contributed by atoms with E-state index in [0.717, 1.165) is 25.7 Å². The molecule has 3 nitrogen and oxygen atoms in total. The molecular formula is C12H20O3. The van der Waals surface area contributed by atoms with Crippen LogP contribution in [0.1, 0.15) is 57.8 Å². The molecule has 1 N–H and O–H groups in total. The first-order valence-electron chi connectivity index (χ1n) is 5.97. The van der Waals surface area contributed by atoms with Gasteiger partial charge in [0.1, 0.15) is 11.7 Å². The Bertz CT molecular complexity index is 223. The first kappa shape index (κ1) is 12.2. The number of hydrogen-bond donors (Lipinski definition) is 1. The Hall–Kier alpha value is -0.860. The van der Waals surface area contributed by atoms with Crippen molar-refractivity contribution in [2.45, 2.75) is 57.8 Å². The highest BCUT2D eigenvalue weighted by molar-refractivity contribution is 5.98. The molecule has 1 fully saturated rings. The van der Waals surface area contributed by atoms with Gasteiger partial charge in [0.2, 0.25) is 0 Å². The topological polar surface area (TPSA) is 54.4 Å². The second-order valence-corrected chi connectivity index (χ2v) is 4.37. The summed E-state index contributed by atoms with van der Waals surface area (Å²) in [6, 6.07) is 0. The van der Waals surface area contributed by atoms with Crippen LogP contribution >= 0.6 is 0 Å². The number of carbonyl (C=O) groups is 2. The van der Waals surface area contributed by atoms with Gasteiger partial charge >= 0.3 is 5.97 Å². The minimum absolute atomic E-state index is 0.0654. The SMILES string of the molecule is O=C(O)C1CCCCCCCCCC1=O. The molecule has 1 aliphatic carbocycles. The third kappa shape index (κ3) is 4.45. The standard InChI is InChI=1S/C12H20O3/c13-11-9-7-5-3-1-2-4-6-8-10(11)12(14)15/h10H,1-9H2,(H,14,15). The number of ketones is 1. The van der Waals surface area contributed by atoms with Crippen molar-refractivity contribution in [1.82, 2.24) is 0 Å². The number of aliphatic carboxylic acids is 1. The highest BCUT2D eigenvalue weighted by Crippen LogP contribution is 2.18. The van der Waals surface area contributed by atoms with E-state index < -0.39 is 11.9 Å². The first-order chi connectivity index (χ1) is 7.22. The molecule has 15 heavy (non-hydrogen) atoms. The zero-order valence-corrected chi connectivity index (χ0v) is 9.21. The van der Waals surface area contributed by atoms with Crippen LogP contribution in [-0.4, -0.2) is 16.9 Å². The maximum atomic E-state index is 11.6. The summed E-state index contributed by atoms with van der Waals surface area (Å²) in [7, 11) is 0. The second kappa shape index (κ2) is 6.59. The molecule has 0 saturated heterocycles. The molecule has 0 amide bonds. The molecule has 0 aromatic rings. The van der Waals surface area contributed by atoms with E-state index in [2.05, 4.69) is 0 Å². The molecule has 1 atom stereocenters. The molecule has 0 radical (unpaired) electrons. The molecule has 1 aliphatic rings. The van der Waals surface area contributed by atoms with Gasteiger partial charge in [0.15, 0.2) is 0 Å². The summed E-state index contributed by atoms with van der Waals surface area (Å²) in [5, 5.41) is 8.94. The van der Waals surface area contributed by atoms with Crippen LogP contribution in [0.2, 0.25) is 0 Å². The molecule has 1 rings (SSSR count). The molecule has 0 aromatic heterocycles. The lowest BCUT2D eigenvalue weighted by Crippen LogP contribution is -2.23. The molecule has 3 heteroatoms. The number of carboxylic acids is 1. The normalized spacial score (nSPS) is 25.6. The van der Waals surface area contributed by atoms with Crippen molar-refractivity contribution in [2.24, 2.45) is 5.92 Å². The Morgan fingerprint density at radius 1 is 1.00 bits per heavy atom. The van der Waals surface area contributed by atoms with Gasteiger partial charge in [0, 0.05) is 6.42 Å². The van der Waals surface area contributed by atoms with Gasteiger partial charge in [0.05, 0.1) is 0 Å². The van der Waals surface area contributed by atoms with Gasteiger partial charge < -0.3 is 5.11 Å². The predicted octanol–water partition coefficient (Wildman–Crippen LogP) is 2.78. The van der Waals surface area contributed by atoms with E-state index in [1.165, 1.54) is 19.3 Å². The smallest absolute Gasteiger partial charge is 0.314 e. The molecule has 0 bridgehead atoms. The molecule has 0 aromatic carbocycles. The van der Waals surface area contributed by atoms with Crippen molar-refractivity contribution in [3.8, 4) is 0 Å². The fourth-order valence-electron chi connectivity index (χ4n) is 2.13. The lowest BCUT2D eigenvalue weighted by molar-refractivity contribution is -0.146. The molecule has 86 valence electrons. The molecule has 0 spiro atoms. The van der Waals surface area contributed by atoms with Crippen LogP contribution < -0.4 is 0 Å². The van der Waals surface area contributed by atoms with Crippen LogP contribution in [0, 0.1) is 5.92 Å². The van der Waals surface area contributed by atoms with Gasteiger partial charge in [-0.15, -0.1) is 0 Å². The maximum absolute atomic E-state index is 11.6. The minimum Gasteiger partial charge on any atom is -0.481 e. The largest absolute Gasteiger partial charge is 0.481 e. The number of carbonyl (C=O) groups excluding carboxylic acids is 1. The van der Waals surface area contributed by atoms with Gasteiger partial charge in [-0.25, -0.2) is 0 Å². The number of Topliss-reactive ketones (excluding diaryl/α,β-unsaturated/α-hetero) is 1. The number of carboxylic acid groups (broad SMARTS) is 1. The van der Waals surface area contributed by atoms with Crippen LogP contribution in [0.4, 0.5) is 0 Å². The minimum atomic E-state index is -0.931. The zero-order valence-electron chi connectivity index (χ0n) is 9.21. The van der Waals surface area contributed by atoms with E-state index in [-0.39, 0.29) is 5.78 Å². The molecule has 1 unspecified atom stereocenters. The van der Waals surface area contributed by atoms with E-state index in [1.54, 1.807) is 0 Å². The summed E-state index contributed by atoms with van der Waals surface area (Å²) >= 11 is 0. The van der Waals surface area contributed by atoms with E-state index in [9.17, 15) is 9.59 Å². The van der Waals surface area contributed by atoms with Crippen molar-refractivity contribution in [2.75, 3.05) is 0 Å². The van der Waals surface area contributed by atoms with Gasteiger partial charge in [-0.2, -0.15) is 0 Å². The number of hydrogen-bond acceptors (Lipinski definition) is 2. The van der Waals surface area contributed by atoms with Crippen LogP contribution in [0.5, 0.6) is 0 Å². The Balaban J connectivity index is 2.50. The van der Waals surface area contributed by atoms with Crippen molar-refractivity contribution in [3.05, 3.63) is 0 Å². The molecular weight excluding hydrogens is 192 g/mol. The van der Waals surface area contributed by atoms with Crippen LogP contribution in [0.3, 0.4) is 0 Å². The van der Waals surface area contributed by atoms with Gasteiger partial charge in [-0.3, -0.25) is 9.59 Å². The molecule has 0 aliphatic heterocycles. The van der Waals surface area contributed by atoms with Crippen molar-refractivity contribution >= 4 is 11.8 Å². The summed E-state index contributed by atoms with van der Waals surface area (Å²) in [5.41, 5.74) is 0. The second-order valence-electron chi connectivity index (χ2n) is 4.37. The van der Waals surface area contributed by atoms with E-state index in [0.29, 0.717) is 12.8 Å². The maximum Gasteiger partial charge on any atom is 0.314 e. The monoisotopic (exact) mass is 212 g/mol. The summed E-state index contributed by atoms with van der Waals surface area (Å²) in [6.07, 6.45) is 8.46. The highest BCUT2D eigenvalue weighted by Gasteiger charge is 2.24. The lowest BCUT2D eigenvalue weighted by Gasteiger charge is -2.09. The van der Waals surface area contributed by atoms with Gasteiger partial charge in [-0.1, -0.05) is 38.5 Å². The highest BCUT2D eigenvalue weighted by atomic mass is 16.4. The third-order valence-corrected chi connectivity index (χ3v) is 3.10. The van der Waals surface area contributed by atoms with Crippen molar-refractivity contribution in [3.63, 3.8) is 0 Å². The zero-order chi connectivity index (χ0) is 11.1. The first-order valence-corrected chi connectivity index (χ1v) is 5.97. The summed E-state index contributed by atoms with van der Waals surface area (Å²) in [4.78, 5) is 22.5. The van der Waals surface area contributed by atoms with Crippen LogP contribution in [0.25, 0.3) is 0 Å². The van der Waals surface area contributed by atoms with Crippen LogP contribution in [0.15, 0.2) is 0 Å². The van der Waals surface area contributed by atoms with Gasteiger partial charge in [0.25, 0.3) is 0 Å². The predicted molar refractivity (Wildman–Crippen MR) is 57.7 cm³/mol. The van der Waals surface area contributed by atoms with E-state index >= 15 is 0 Å². The summed E-state index contributed by atoms with van der Waals surface area (Å²) < 4.78 is 0. The van der Waals surface area contributed by atoms with E-state index in [4.69, 9.17) is 5.11 Å². The average Bonchev–Trinajstić information content (AvgIpc) is 2.23. The van der Waals surface area contributed by atoms with E-state index in [1.807, 2.05) is 0 Å². The Kier molecular flexibility index (Phi) is 5.37. The lowest BCUT2D eigenvalue weighted by atomic mass is 9.94.